The van der Waals surface area contributed by atoms with E-state index in [-0.39, 0.29) is 6.04 Å². The second kappa shape index (κ2) is 5.14. The average Bonchev–Trinajstić information content (AvgIpc) is 2.25. The Bertz CT molecular complexity index is 455. The first-order chi connectivity index (χ1) is 7.74. The molecular formula is C12H20N2O2S. The second-order valence-corrected chi connectivity index (χ2v) is 7.56. The van der Waals surface area contributed by atoms with Crippen LogP contribution in [-0.4, -0.2) is 30.9 Å². The molecule has 0 radical (unpaired) electrons. The third kappa shape index (κ3) is 3.78. The van der Waals surface area contributed by atoms with Gasteiger partial charge in [0.15, 0.2) is 9.84 Å². The molecule has 0 bridgehead atoms. The van der Waals surface area contributed by atoms with Gasteiger partial charge in [-0.15, -0.1) is 0 Å². The van der Waals surface area contributed by atoms with Gasteiger partial charge in [-0.1, -0.05) is 0 Å². The monoisotopic (exact) mass is 256 g/mol. The zero-order chi connectivity index (χ0) is 13.1. The molecule has 0 spiro atoms. The van der Waals surface area contributed by atoms with E-state index in [0.29, 0.717) is 6.54 Å². The lowest BCUT2D eigenvalue weighted by atomic mass is 10.1. The van der Waals surface area contributed by atoms with Crippen LogP contribution >= 0.6 is 0 Å². The first-order valence-electron chi connectivity index (χ1n) is 5.57. The van der Waals surface area contributed by atoms with Gasteiger partial charge >= 0.3 is 0 Å². The third-order valence-corrected chi connectivity index (χ3v) is 5.20. The maximum absolute atomic E-state index is 11.6. The Hall–Kier alpha value is -0.940. The SMILES string of the molecule is CC(NCC(C)(C)S(C)(=O)=O)c1ccncc1. The average molecular weight is 256 g/mol. The van der Waals surface area contributed by atoms with E-state index in [1.165, 1.54) is 6.26 Å². The van der Waals surface area contributed by atoms with Gasteiger partial charge in [0.2, 0.25) is 0 Å². The molecule has 1 atom stereocenters. The summed E-state index contributed by atoms with van der Waals surface area (Å²) in [5, 5.41) is 3.24. The van der Waals surface area contributed by atoms with Gasteiger partial charge in [0, 0.05) is 31.2 Å². The maximum atomic E-state index is 11.6. The molecular weight excluding hydrogens is 236 g/mol. The lowest BCUT2D eigenvalue weighted by Crippen LogP contribution is -2.42. The fourth-order valence-electron chi connectivity index (χ4n) is 1.30. The molecule has 1 rings (SSSR count). The topological polar surface area (TPSA) is 59.1 Å². The van der Waals surface area contributed by atoms with Crippen LogP contribution in [0.25, 0.3) is 0 Å². The van der Waals surface area contributed by atoms with Gasteiger partial charge in [0.1, 0.15) is 0 Å². The largest absolute Gasteiger partial charge is 0.309 e. The number of hydrogen-bond acceptors (Lipinski definition) is 4. The van der Waals surface area contributed by atoms with Crippen LogP contribution in [0.5, 0.6) is 0 Å². The molecule has 0 aliphatic heterocycles. The van der Waals surface area contributed by atoms with Gasteiger partial charge in [0.25, 0.3) is 0 Å². The van der Waals surface area contributed by atoms with Crippen LogP contribution < -0.4 is 5.32 Å². The third-order valence-electron chi connectivity index (χ3n) is 3.04. The van der Waals surface area contributed by atoms with Gasteiger partial charge in [0.05, 0.1) is 4.75 Å². The van der Waals surface area contributed by atoms with Crippen molar-refractivity contribution < 1.29 is 8.42 Å². The van der Waals surface area contributed by atoms with Crippen LogP contribution in [0, 0.1) is 0 Å². The summed E-state index contributed by atoms with van der Waals surface area (Å²) < 4.78 is 22.3. The van der Waals surface area contributed by atoms with E-state index >= 15 is 0 Å². The minimum Gasteiger partial charge on any atom is -0.309 e. The van der Waals surface area contributed by atoms with Crippen molar-refractivity contribution in [1.29, 1.82) is 0 Å². The van der Waals surface area contributed by atoms with Crippen molar-refractivity contribution in [3.05, 3.63) is 30.1 Å². The van der Waals surface area contributed by atoms with Crippen LogP contribution in [-0.2, 0) is 9.84 Å². The lowest BCUT2D eigenvalue weighted by molar-refractivity contribution is 0.488. The molecule has 17 heavy (non-hydrogen) atoms. The first kappa shape index (κ1) is 14.1. The molecule has 4 nitrogen and oxygen atoms in total. The molecule has 0 aliphatic rings. The summed E-state index contributed by atoms with van der Waals surface area (Å²) in [4.78, 5) is 3.95. The number of nitrogens with one attached hydrogen (secondary N) is 1. The lowest BCUT2D eigenvalue weighted by Gasteiger charge is -2.25. The Morgan fingerprint density at radius 1 is 1.35 bits per heavy atom. The Morgan fingerprint density at radius 3 is 2.35 bits per heavy atom. The molecule has 1 unspecified atom stereocenters. The second-order valence-electron chi connectivity index (χ2n) is 4.91. The standard InChI is InChI=1S/C12H20N2O2S/c1-10(11-5-7-13-8-6-11)14-9-12(2,3)17(4,15)16/h5-8,10,14H,9H2,1-4H3. The van der Waals surface area contributed by atoms with E-state index in [9.17, 15) is 8.42 Å². The van der Waals surface area contributed by atoms with Gasteiger partial charge < -0.3 is 5.32 Å². The van der Waals surface area contributed by atoms with Gasteiger partial charge in [-0.05, 0) is 38.5 Å². The Balaban J connectivity index is 2.64. The highest BCUT2D eigenvalue weighted by Crippen LogP contribution is 2.16. The van der Waals surface area contributed by atoms with Gasteiger partial charge in [-0.3, -0.25) is 4.98 Å². The summed E-state index contributed by atoms with van der Waals surface area (Å²) in [5.41, 5.74) is 1.10. The van der Waals surface area contributed by atoms with Gasteiger partial charge in [-0.25, -0.2) is 8.42 Å². The first-order valence-corrected chi connectivity index (χ1v) is 7.46. The number of sulfone groups is 1. The van der Waals surface area contributed by atoms with Crippen molar-refractivity contribution in [2.75, 3.05) is 12.8 Å². The zero-order valence-electron chi connectivity index (χ0n) is 10.8. The van der Waals surface area contributed by atoms with Crippen molar-refractivity contribution in [3.8, 4) is 0 Å². The summed E-state index contributed by atoms with van der Waals surface area (Å²) in [6, 6.07) is 3.95. The molecule has 1 heterocycles. The molecule has 1 N–H and O–H groups in total. The van der Waals surface area contributed by atoms with E-state index in [1.807, 2.05) is 19.1 Å². The van der Waals surface area contributed by atoms with Crippen LogP contribution in [0.15, 0.2) is 24.5 Å². The van der Waals surface area contributed by atoms with Crippen molar-refractivity contribution in [2.45, 2.75) is 31.6 Å². The Morgan fingerprint density at radius 2 is 1.88 bits per heavy atom. The van der Waals surface area contributed by atoms with E-state index in [4.69, 9.17) is 0 Å². The highest BCUT2D eigenvalue weighted by molar-refractivity contribution is 7.92. The van der Waals surface area contributed by atoms with Gasteiger partial charge in [-0.2, -0.15) is 0 Å². The molecule has 5 heteroatoms. The molecule has 0 saturated carbocycles. The van der Waals surface area contributed by atoms with E-state index < -0.39 is 14.6 Å². The minimum absolute atomic E-state index is 0.110. The molecule has 1 aromatic rings. The number of aromatic nitrogens is 1. The molecule has 0 fully saturated rings. The van der Waals surface area contributed by atoms with Crippen molar-refractivity contribution in [1.82, 2.24) is 10.3 Å². The molecule has 0 aromatic carbocycles. The summed E-state index contributed by atoms with van der Waals surface area (Å²) in [5.74, 6) is 0. The van der Waals surface area contributed by atoms with E-state index in [2.05, 4.69) is 10.3 Å². The molecule has 0 aliphatic carbocycles. The van der Waals surface area contributed by atoms with Crippen molar-refractivity contribution in [2.24, 2.45) is 0 Å². The fraction of sp³-hybridized carbons (Fsp3) is 0.583. The molecule has 0 saturated heterocycles. The molecule has 0 amide bonds. The Labute approximate surface area is 103 Å². The zero-order valence-corrected chi connectivity index (χ0v) is 11.6. The van der Waals surface area contributed by atoms with Crippen molar-refractivity contribution in [3.63, 3.8) is 0 Å². The molecule has 96 valence electrons. The number of rotatable bonds is 5. The summed E-state index contributed by atoms with van der Waals surface area (Å²) in [6.07, 6.45) is 4.73. The van der Waals surface area contributed by atoms with Crippen LogP contribution in [0.4, 0.5) is 0 Å². The van der Waals surface area contributed by atoms with Crippen LogP contribution in [0.1, 0.15) is 32.4 Å². The number of hydrogen-bond donors (Lipinski definition) is 1. The fourth-order valence-corrected chi connectivity index (χ4v) is 1.65. The molecule has 1 aromatic heterocycles. The maximum Gasteiger partial charge on any atom is 0.153 e. The highest BCUT2D eigenvalue weighted by Gasteiger charge is 2.30. The Kier molecular flexibility index (Phi) is 4.27. The number of nitrogens with zero attached hydrogens (tertiary/aromatic N) is 1. The predicted octanol–water partition coefficient (Wildman–Crippen LogP) is 1.56. The van der Waals surface area contributed by atoms with E-state index in [0.717, 1.165) is 5.56 Å². The quantitative estimate of drug-likeness (QED) is 0.868. The summed E-state index contributed by atoms with van der Waals surface area (Å²) >= 11 is 0. The van der Waals surface area contributed by atoms with Crippen molar-refractivity contribution >= 4 is 9.84 Å². The highest BCUT2D eigenvalue weighted by atomic mass is 32.2. The predicted molar refractivity (Wildman–Crippen MR) is 69.6 cm³/mol. The van der Waals surface area contributed by atoms with Crippen LogP contribution in [0.3, 0.4) is 0 Å². The van der Waals surface area contributed by atoms with E-state index in [1.54, 1.807) is 26.2 Å². The number of pyridine rings is 1. The summed E-state index contributed by atoms with van der Waals surface area (Å²) in [7, 11) is -3.06. The smallest absolute Gasteiger partial charge is 0.153 e. The summed E-state index contributed by atoms with van der Waals surface area (Å²) in [6.45, 7) is 5.90. The van der Waals surface area contributed by atoms with Crippen LogP contribution in [0.2, 0.25) is 0 Å². The minimum atomic E-state index is -3.06. The normalized spacial score (nSPS) is 14.6.